The minimum absolute atomic E-state index is 0.0341. The van der Waals surface area contributed by atoms with E-state index in [0.29, 0.717) is 47.3 Å². The molecule has 0 radical (unpaired) electrons. The minimum Gasteiger partial charge on any atom is -0.507 e. The fourth-order valence-corrected chi connectivity index (χ4v) is 4.76. The third-order valence-corrected chi connectivity index (χ3v) is 6.65. The molecule has 0 bridgehead atoms. The largest absolute Gasteiger partial charge is 0.507 e. The van der Waals surface area contributed by atoms with Gasteiger partial charge in [-0.05, 0) is 49.7 Å². The van der Waals surface area contributed by atoms with Crippen LogP contribution in [0, 0.1) is 0 Å². The van der Waals surface area contributed by atoms with E-state index in [9.17, 15) is 14.7 Å². The van der Waals surface area contributed by atoms with Crippen LogP contribution < -0.4 is 23.8 Å². The van der Waals surface area contributed by atoms with Gasteiger partial charge in [-0.25, -0.2) is 0 Å². The predicted molar refractivity (Wildman–Crippen MR) is 141 cm³/mol. The first-order valence-electron chi connectivity index (χ1n) is 12.4. The molecule has 0 aliphatic carbocycles. The quantitative estimate of drug-likeness (QED) is 0.299. The van der Waals surface area contributed by atoms with Gasteiger partial charge >= 0.3 is 0 Å². The van der Waals surface area contributed by atoms with Crippen LogP contribution >= 0.6 is 0 Å². The highest BCUT2D eigenvalue weighted by molar-refractivity contribution is 6.46. The molecule has 10 nitrogen and oxygen atoms in total. The molecule has 10 heteroatoms. The van der Waals surface area contributed by atoms with Gasteiger partial charge in [0.05, 0.1) is 57.9 Å². The summed E-state index contributed by atoms with van der Waals surface area (Å²) in [6.07, 6.45) is -0.0545. The fraction of sp³-hybridized carbons (Fsp3) is 0.429. The van der Waals surface area contributed by atoms with E-state index in [2.05, 4.69) is 0 Å². The van der Waals surface area contributed by atoms with Crippen LogP contribution in [0.15, 0.2) is 35.9 Å². The number of fused-ring (bicyclic) bond motifs is 1. The van der Waals surface area contributed by atoms with E-state index < -0.39 is 17.7 Å². The highest BCUT2D eigenvalue weighted by atomic mass is 16.5. The van der Waals surface area contributed by atoms with Crippen molar-refractivity contribution in [2.75, 3.05) is 59.6 Å². The second-order valence-electron chi connectivity index (χ2n) is 9.32. The van der Waals surface area contributed by atoms with E-state index in [1.54, 1.807) is 30.3 Å². The molecular weight excluding hydrogens is 492 g/mol. The molecule has 1 atom stereocenters. The van der Waals surface area contributed by atoms with Crippen molar-refractivity contribution in [2.24, 2.45) is 0 Å². The highest BCUT2D eigenvalue weighted by Crippen LogP contribution is 2.46. The van der Waals surface area contributed by atoms with Gasteiger partial charge in [-0.1, -0.05) is 0 Å². The molecule has 1 saturated heterocycles. The number of likely N-dealkylation sites (N-methyl/N-ethyl adjacent to an activating group) is 1. The molecule has 0 saturated carbocycles. The number of likely N-dealkylation sites (tertiary alicyclic amines) is 1. The SMILES string of the molecule is COc1cc(C2/C(=C(\O)c3ccc4c(c3)N(C)CCO4)C(=O)C(=O)N2CCOC(C)C)cc(OC)c1OC. The first kappa shape index (κ1) is 27.1. The number of Topliss-reactive ketones (excluding diaryl/α,β-unsaturated/α-hetero) is 1. The average Bonchev–Trinajstić information content (AvgIpc) is 3.16. The van der Waals surface area contributed by atoms with Gasteiger partial charge in [-0.3, -0.25) is 9.59 Å². The first-order chi connectivity index (χ1) is 18.2. The molecule has 2 aromatic carbocycles. The molecule has 1 unspecified atom stereocenters. The number of benzene rings is 2. The number of hydrogen-bond acceptors (Lipinski definition) is 9. The second-order valence-corrected chi connectivity index (χ2v) is 9.32. The summed E-state index contributed by atoms with van der Waals surface area (Å²) in [4.78, 5) is 30.1. The van der Waals surface area contributed by atoms with Crippen molar-refractivity contribution in [1.29, 1.82) is 0 Å². The number of hydrogen-bond donors (Lipinski definition) is 1. The van der Waals surface area contributed by atoms with Gasteiger partial charge in [-0.2, -0.15) is 0 Å². The Morgan fingerprint density at radius 1 is 1.08 bits per heavy atom. The number of aliphatic hydroxyl groups excluding tert-OH is 1. The van der Waals surface area contributed by atoms with Crippen LogP contribution in [0.5, 0.6) is 23.0 Å². The number of ether oxygens (including phenoxy) is 5. The summed E-state index contributed by atoms with van der Waals surface area (Å²) in [6.45, 7) is 5.37. The van der Waals surface area contributed by atoms with Gasteiger partial charge < -0.3 is 38.6 Å². The predicted octanol–water partition coefficient (Wildman–Crippen LogP) is 3.39. The monoisotopic (exact) mass is 526 g/mol. The zero-order valence-electron chi connectivity index (χ0n) is 22.6. The molecule has 38 heavy (non-hydrogen) atoms. The van der Waals surface area contributed by atoms with Gasteiger partial charge in [0.1, 0.15) is 18.1 Å². The number of methoxy groups -OCH3 is 3. The van der Waals surface area contributed by atoms with E-state index in [1.165, 1.54) is 26.2 Å². The molecule has 204 valence electrons. The van der Waals surface area contributed by atoms with E-state index in [0.717, 1.165) is 5.69 Å². The highest BCUT2D eigenvalue weighted by Gasteiger charge is 2.46. The van der Waals surface area contributed by atoms with Crippen molar-refractivity contribution in [3.63, 3.8) is 0 Å². The molecule has 0 spiro atoms. The number of carbonyl (C=O) groups excluding carboxylic acids is 2. The Hall–Kier alpha value is -3.92. The standard InChI is InChI=1S/C28H34N2O8/c1-16(2)37-12-10-30-24(18-14-21(34-4)27(36-6)22(15-18)35-5)23(26(32)28(30)33)25(31)17-7-8-20-19(13-17)29(3)9-11-38-20/h7-8,13-16,24,31H,9-12H2,1-6H3/b25-23+. The number of carbonyl (C=O) groups is 2. The van der Waals surface area contributed by atoms with Crippen LogP contribution in [0.3, 0.4) is 0 Å². The third-order valence-electron chi connectivity index (χ3n) is 6.65. The van der Waals surface area contributed by atoms with Crippen LogP contribution in [-0.4, -0.2) is 82.5 Å². The van der Waals surface area contributed by atoms with Crippen molar-refractivity contribution in [3.05, 3.63) is 47.0 Å². The van der Waals surface area contributed by atoms with Crippen molar-refractivity contribution in [2.45, 2.75) is 26.0 Å². The molecular formula is C28H34N2O8. The Balaban J connectivity index is 1.88. The number of rotatable bonds is 9. The summed E-state index contributed by atoms with van der Waals surface area (Å²) in [5.41, 5.74) is 1.66. The van der Waals surface area contributed by atoms with Gasteiger partial charge in [0.2, 0.25) is 5.75 Å². The van der Waals surface area contributed by atoms with Crippen molar-refractivity contribution >= 4 is 23.1 Å². The Morgan fingerprint density at radius 3 is 2.37 bits per heavy atom. The van der Waals surface area contributed by atoms with Crippen LogP contribution in [0.25, 0.3) is 5.76 Å². The molecule has 2 aliphatic heterocycles. The molecule has 2 aromatic rings. The van der Waals surface area contributed by atoms with Gasteiger partial charge in [-0.15, -0.1) is 0 Å². The van der Waals surface area contributed by atoms with Crippen molar-refractivity contribution in [1.82, 2.24) is 4.90 Å². The summed E-state index contributed by atoms with van der Waals surface area (Å²) in [5, 5.41) is 11.5. The molecule has 1 amide bonds. The van der Waals surface area contributed by atoms with E-state index >= 15 is 0 Å². The summed E-state index contributed by atoms with van der Waals surface area (Å²) in [5.74, 6) is -0.0171. The molecule has 1 N–H and O–H groups in total. The average molecular weight is 527 g/mol. The number of ketones is 1. The smallest absolute Gasteiger partial charge is 0.295 e. The zero-order valence-corrected chi connectivity index (χ0v) is 22.6. The van der Waals surface area contributed by atoms with Gasteiger partial charge in [0, 0.05) is 19.2 Å². The van der Waals surface area contributed by atoms with Crippen LogP contribution in [0.1, 0.15) is 31.0 Å². The molecule has 2 aliphatic rings. The van der Waals surface area contributed by atoms with Crippen molar-refractivity contribution < 1.29 is 38.4 Å². The number of anilines is 1. The Morgan fingerprint density at radius 2 is 1.76 bits per heavy atom. The molecule has 1 fully saturated rings. The lowest BCUT2D eigenvalue weighted by Crippen LogP contribution is -2.33. The maximum Gasteiger partial charge on any atom is 0.295 e. The van der Waals surface area contributed by atoms with Crippen molar-refractivity contribution in [3.8, 4) is 23.0 Å². The second kappa shape index (κ2) is 11.2. The topological polar surface area (TPSA) is 107 Å². The molecule has 2 heterocycles. The van der Waals surface area contributed by atoms with E-state index in [4.69, 9.17) is 23.7 Å². The third kappa shape index (κ3) is 4.96. The lowest BCUT2D eigenvalue weighted by atomic mass is 9.94. The number of amides is 1. The van der Waals surface area contributed by atoms with Gasteiger partial charge in [0.15, 0.2) is 11.5 Å². The van der Waals surface area contributed by atoms with Crippen LogP contribution in [-0.2, 0) is 14.3 Å². The number of nitrogens with zero attached hydrogens (tertiary/aromatic N) is 2. The molecule has 4 rings (SSSR count). The van der Waals surface area contributed by atoms with E-state index in [1.807, 2.05) is 25.8 Å². The maximum atomic E-state index is 13.4. The summed E-state index contributed by atoms with van der Waals surface area (Å²) in [6, 6.07) is 7.62. The Labute approximate surface area is 222 Å². The normalized spacial score (nSPS) is 18.4. The Bertz CT molecular complexity index is 1230. The first-order valence-corrected chi connectivity index (χ1v) is 12.4. The summed E-state index contributed by atoms with van der Waals surface area (Å²) < 4.78 is 27.9. The van der Waals surface area contributed by atoms with Crippen LogP contribution in [0.4, 0.5) is 5.69 Å². The summed E-state index contributed by atoms with van der Waals surface area (Å²) >= 11 is 0. The van der Waals surface area contributed by atoms with Crippen LogP contribution in [0.2, 0.25) is 0 Å². The number of aliphatic hydroxyl groups is 1. The lowest BCUT2D eigenvalue weighted by molar-refractivity contribution is -0.140. The zero-order chi connectivity index (χ0) is 27.6. The minimum atomic E-state index is -0.913. The maximum absolute atomic E-state index is 13.4. The van der Waals surface area contributed by atoms with E-state index in [-0.39, 0.29) is 30.6 Å². The Kier molecular flexibility index (Phi) is 8.01. The van der Waals surface area contributed by atoms with Gasteiger partial charge in [0.25, 0.3) is 11.7 Å². The fourth-order valence-electron chi connectivity index (χ4n) is 4.76. The molecule has 0 aromatic heterocycles. The summed E-state index contributed by atoms with van der Waals surface area (Å²) in [7, 11) is 6.39. The lowest BCUT2D eigenvalue weighted by Gasteiger charge is -2.28.